The van der Waals surface area contributed by atoms with E-state index in [4.69, 9.17) is 5.11 Å². The summed E-state index contributed by atoms with van der Waals surface area (Å²) in [6.07, 6.45) is 0.903. The summed E-state index contributed by atoms with van der Waals surface area (Å²) >= 11 is 0. The SMILES string of the molecule is CCC1CN(CC(C)C(=O)O)C(=O)N1C. The Hall–Kier alpha value is -1.26. The van der Waals surface area contributed by atoms with Gasteiger partial charge < -0.3 is 14.9 Å². The van der Waals surface area contributed by atoms with Gasteiger partial charge in [-0.3, -0.25) is 4.79 Å². The van der Waals surface area contributed by atoms with Crippen LogP contribution in [-0.4, -0.2) is 53.1 Å². The second kappa shape index (κ2) is 4.51. The Balaban J connectivity index is 2.58. The first kappa shape index (κ1) is 11.8. The monoisotopic (exact) mass is 214 g/mol. The summed E-state index contributed by atoms with van der Waals surface area (Å²) in [6.45, 7) is 4.59. The van der Waals surface area contributed by atoms with Gasteiger partial charge in [0.1, 0.15) is 0 Å². The number of amides is 2. The summed E-state index contributed by atoms with van der Waals surface area (Å²) in [7, 11) is 1.77. The van der Waals surface area contributed by atoms with Crippen molar-refractivity contribution in [2.75, 3.05) is 20.1 Å². The Morgan fingerprint density at radius 2 is 2.27 bits per heavy atom. The van der Waals surface area contributed by atoms with Crippen molar-refractivity contribution in [1.82, 2.24) is 9.80 Å². The second-order valence-electron chi connectivity index (χ2n) is 4.10. The summed E-state index contributed by atoms with van der Waals surface area (Å²) in [5.74, 6) is -1.36. The number of hydrogen-bond acceptors (Lipinski definition) is 2. The van der Waals surface area contributed by atoms with Gasteiger partial charge in [0.05, 0.1) is 12.0 Å². The largest absolute Gasteiger partial charge is 0.481 e. The Morgan fingerprint density at radius 3 is 2.67 bits per heavy atom. The van der Waals surface area contributed by atoms with E-state index >= 15 is 0 Å². The van der Waals surface area contributed by atoms with Crippen LogP contribution in [0.5, 0.6) is 0 Å². The van der Waals surface area contributed by atoms with Crippen molar-refractivity contribution in [3.63, 3.8) is 0 Å². The zero-order valence-corrected chi connectivity index (χ0v) is 9.43. The molecular formula is C10H18N2O3. The summed E-state index contributed by atoms with van der Waals surface area (Å²) in [4.78, 5) is 25.7. The van der Waals surface area contributed by atoms with Gasteiger partial charge in [-0.15, -0.1) is 0 Å². The molecular weight excluding hydrogens is 196 g/mol. The number of nitrogens with zero attached hydrogens (tertiary/aromatic N) is 2. The van der Waals surface area contributed by atoms with Crippen molar-refractivity contribution in [3.8, 4) is 0 Å². The summed E-state index contributed by atoms with van der Waals surface area (Å²) in [5.41, 5.74) is 0. The molecule has 5 heteroatoms. The lowest BCUT2D eigenvalue weighted by Crippen LogP contribution is -2.35. The second-order valence-corrected chi connectivity index (χ2v) is 4.10. The molecule has 1 rings (SSSR count). The molecule has 2 atom stereocenters. The van der Waals surface area contributed by atoms with E-state index in [0.29, 0.717) is 13.1 Å². The molecule has 15 heavy (non-hydrogen) atoms. The van der Waals surface area contributed by atoms with Crippen molar-refractivity contribution in [3.05, 3.63) is 0 Å². The molecule has 0 aromatic rings. The maximum Gasteiger partial charge on any atom is 0.320 e. The van der Waals surface area contributed by atoms with Crippen molar-refractivity contribution in [1.29, 1.82) is 0 Å². The van der Waals surface area contributed by atoms with Crippen molar-refractivity contribution < 1.29 is 14.7 Å². The molecule has 2 unspecified atom stereocenters. The Kier molecular flexibility index (Phi) is 3.55. The number of carbonyl (C=O) groups is 2. The van der Waals surface area contributed by atoms with E-state index in [2.05, 4.69) is 0 Å². The van der Waals surface area contributed by atoms with E-state index in [0.717, 1.165) is 6.42 Å². The molecule has 0 saturated carbocycles. The Morgan fingerprint density at radius 1 is 1.67 bits per heavy atom. The minimum Gasteiger partial charge on any atom is -0.481 e. The summed E-state index contributed by atoms with van der Waals surface area (Å²) < 4.78 is 0. The van der Waals surface area contributed by atoms with Gasteiger partial charge in [0.2, 0.25) is 0 Å². The van der Waals surface area contributed by atoms with Crippen LogP contribution in [0.2, 0.25) is 0 Å². The van der Waals surface area contributed by atoms with E-state index in [1.807, 2.05) is 6.92 Å². The lowest BCUT2D eigenvalue weighted by molar-refractivity contribution is -0.141. The smallest absolute Gasteiger partial charge is 0.320 e. The van der Waals surface area contributed by atoms with Crippen molar-refractivity contribution in [2.45, 2.75) is 26.3 Å². The number of carboxylic acid groups (broad SMARTS) is 1. The molecule has 2 amide bonds. The average Bonchev–Trinajstić information content (AvgIpc) is 2.45. The van der Waals surface area contributed by atoms with Gasteiger partial charge in [0.15, 0.2) is 0 Å². The topological polar surface area (TPSA) is 60.9 Å². The Bertz CT molecular complexity index is 267. The van der Waals surface area contributed by atoms with Crippen LogP contribution < -0.4 is 0 Å². The fraction of sp³-hybridized carbons (Fsp3) is 0.800. The van der Waals surface area contributed by atoms with Crippen LogP contribution in [0.3, 0.4) is 0 Å². The molecule has 0 aromatic heterocycles. The molecule has 1 heterocycles. The van der Waals surface area contributed by atoms with Crippen LogP contribution in [-0.2, 0) is 4.79 Å². The molecule has 0 bridgehead atoms. The predicted molar refractivity (Wildman–Crippen MR) is 55.6 cm³/mol. The highest BCUT2D eigenvalue weighted by atomic mass is 16.4. The third kappa shape index (κ3) is 2.40. The molecule has 0 aromatic carbocycles. The van der Waals surface area contributed by atoms with E-state index in [-0.39, 0.29) is 12.1 Å². The zero-order valence-electron chi connectivity index (χ0n) is 9.43. The fourth-order valence-corrected chi connectivity index (χ4v) is 1.80. The first-order valence-corrected chi connectivity index (χ1v) is 5.21. The number of rotatable bonds is 4. The molecule has 0 radical (unpaired) electrons. The molecule has 1 fully saturated rings. The van der Waals surface area contributed by atoms with Gasteiger partial charge in [0, 0.05) is 20.1 Å². The van der Waals surface area contributed by atoms with Crippen LogP contribution in [0.15, 0.2) is 0 Å². The van der Waals surface area contributed by atoms with Crippen molar-refractivity contribution >= 4 is 12.0 Å². The van der Waals surface area contributed by atoms with Crippen LogP contribution in [0, 0.1) is 5.92 Å². The third-order valence-electron chi connectivity index (χ3n) is 2.94. The minimum absolute atomic E-state index is 0.0602. The van der Waals surface area contributed by atoms with Gasteiger partial charge in [-0.25, -0.2) is 4.79 Å². The number of hydrogen-bond donors (Lipinski definition) is 1. The van der Waals surface area contributed by atoms with Crippen LogP contribution in [0.25, 0.3) is 0 Å². The number of likely N-dealkylation sites (N-methyl/N-ethyl adjacent to an activating group) is 1. The fourth-order valence-electron chi connectivity index (χ4n) is 1.80. The number of aliphatic carboxylic acids is 1. The van der Waals surface area contributed by atoms with Gasteiger partial charge >= 0.3 is 12.0 Å². The van der Waals surface area contributed by atoms with Gasteiger partial charge in [-0.2, -0.15) is 0 Å². The maximum absolute atomic E-state index is 11.7. The molecule has 1 aliphatic heterocycles. The zero-order chi connectivity index (χ0) is 11.6. The molecule has 0 spiro atoms. The van der Waals surface area contributed by atoms with E-state index < -0.39 is 11.9 Å². The normalized spacial score (nSPS) is 23.4. The molecule has 1 N–H and O–H groups in total. The lowest BCUT2D eigenvalue weighted by Gasteiger charge is -2.17. The lowest BCUT2D eigenvalue weighted by atomic mass is 10.1. The molecule has 0 aliphatic carbocycles. The van der Waals surface area contributed by atoms with Crippen molar-refractivity contribution in [2.24, 2.45) is 5.92 Å². The first-order valence-electron chi connectivity index (χ1n) is 5.21. The molecule has 86 valence electrons. The molecule has 5 nitrogen and oxygen atoms in total. The quantitative estimate of drug-likeness (QED) is 0.754. The van der Waals surface area contributed by atoms with E-state index in [9.17, 15) is 9.59 Å². The van der Waals surface area contributed by atoms with E-state index in [1.165, 1.54) is 0 Å². The minimum atomic E-state index is -0.856. The highest BCUT2D eigenvalue weighted by Crippen LogP contribution is 2.17. The summed E-state index contributed by atoms with van der Waals surface area (Å²) in [5, 5.41) is 8.77. The third-order valence-corrected chi connectivity index (χ3v) is 2.94. The molecule has 1 saturated heterocycles. The van der Waals surface area contributed by atoms with Gasteiger partial charge in [-0.1, -0.05) is 13.8 Å². The van der Waals surface area contributed by atoms with Crippen LogP contribution in [0.4, 0.5) is 4.79 Å². The first-order chi connectivity index (χ1) is 6.97. The number of carboxylic acids is 1. The summed E-state index contributed by atoms with van der Waals surface area (Å²) in [6, 6.07) is 0.161. The highest BCUT2D eigenvalue weighted by molar-refractivity contribution is 5.78. The van der Waals surface area contributed by atoms with Crippen LogP contribution >= 0.6 is 0 Å². The molecule has 1 aliphatic rings. The predicted octanol–water partition coefficient (Wildman–Crippen LogP) is 0.853. The standard InChI is InChI=1S/C10H18N2O3/c1-4-8-6-12(10(15)11(8)3)5-7(2)9(13)14/h7-8H,4-6H2,1-3H3,(H,13,14). The highest BCUT2D eigenvalue weighted by Gasteiger charge is 2.34. The van der Waals surface area contributed by atoms with Crippen LogP contribution in [0.1, 0.15) is 20.3 Å². The number of urea groups is 1. The average molecular weight is 214 g/mol. The Labute approximate surface area is 89.7 Å². The van der Waals surface area contributed by atoms with Gasteiger partial charge in [0.25, 0.3) is 0 Å². The van der Waals surface area contributed by atoms with E-state index in [1.54, 1.807) is 23.8 Å². The maximum atomic E-state index is 11.7. The van der Waals surface area contributed by atoms with Gasteiger partial charge in [-0.05, 0) is 6.42 Å². The number of carbonyl (C=O) groups excluding carboxylic acids is 1.